The van der Waals surface area contributed by atoms with Gasteiger partial charge in [0.15, 0.2) is 11.8 Å². The summed E-state index contributed by atoms with van der Waals surface area (Å²) < 4.78 is 10.6. The second kappa shape index (κ2) is 15.3. The Morgan fingerprint density at radius 1 is 1.23 bits per heavy atom. The lowest BCUT2D eigenvalue weighted by Crippen LogP contribution is -2.49. The summed E-state index contributed by atoms with van der Waals surface area (Å²) in [5, 5.41) is 13.5. The van der Waals surface area contributed by atoms with Gasteiger partial charge in [-0.05, 0) is 33.6 Å². The molecule has 10 heteroatoms. The topological polar surface area (TPSA) is 114 Å². The van der Waals surface area contributed by atoms with Crippen molar-refractivity contribution < 1.29 is 14.1 Å². The molecule has 1 aromatic rings. The molecule has 0 spiro atoms. The number of guanidine groups is 1. The molecule has 9 nitrogen and oxygen atoms in total. The number of nitrogens with one attached hydrogen (secondary N) is 3. The van der Waals surface area contributed by atoms with E-state index in [1.165, 1.54) is 0 Å². The Labute approximate surface area is 204 Å². The fourth-order valence-electron chi connectivity index (χ4n) is 2.63. The van der Waals surface area contributed by atoms with E-state index in [0.29, 0.717) is 24.8 Å². The lowest BCUT2D eigenvalue weighted by atomic mass is 10.1. The Morgan fingerprint density at radius 2 is 1.94 bits per heavy atom. The largest absolute Gasteiger partial charge is 0.444 e. The monoisotopic (exact) mass is 552 g/mol. The third kappa shape index (κ3) is 13.4. The minimum atomic E-state index is -0.512. The Bertz CT molecular complexity index is 658. The van der Waals surface area contributed by atoms with Crippen LogP contribution >= 0.6 is 24.0 Å². The van der Waals surface area contributed by atoms with Gasteiger partial charge in [0.2, 0.25) is 5.89 Å². The van der Waals surface area contributed by atoms with Crippen molar-refractivity contribution >= 4 is 36.0 Å². The van der Waals surface area contributed by atoms with Crippen LogP contribution in [0.4, 0.5) is 4.79 Å². The summed E-state index contributed by atoms with van der Waals surface area (Å²) >= 11 is 0. The van der Waals surface area contributed by atoms with Crippen LogP contribution in [0.5, 0.6) is 0 Å². The number of rotatable bonds is 11. The molecule has 31 heavy (non-hydrogen) atoms. The van der Waals surface area contributed by atoms with Crippen molar-refractivity contribution in [3.05, 3.63) is 11.7 Å². The van der Waals surface area contributed by atoms with Crippen LogP contribution in [0, 0.1) is 0 Å². The third-order valence-corrected chi connectivity index (χ3v) is 4.22. The summed E-state index contributed by atoms with van der Waals surface area (Å²) in [5.41, 5.74) is -0.512. The number of aryl methyl sites for hydroxylation is 1. The first-order valence-electron chi connectivity index (χ1n) is 10.9. The predicted octanol–water partition coefficient (Wildman–Crippen LogP) is 3.99. The molecule has 0 aliphatic rings. The van der Waals surface area contributed by atoms with E-state index in [0.717, 1.165) is 38.1 Å². The van der Waals surface area contributed by atoms with E-state index >= 15 is 0 Å². The van der Waals surface area contributed by atoms with Crippen molar-refractivity contribution in [2.75, 3.05) is 20.1 Å². The second-order valence-corrected chi connectivity index (χ2v) is 8.67. The minimum Gasteiger partial charge on any atom is -0.444 e. The molecule has 0 aliphatic heterocycles. The minimum absolute atomic E-state index is 0. The first-order valence-corrected chi connectivity index (χ1v) is 10.9. The summed E-state index contributed by atoms with van der Waals surface area (Å²) in [7, 11) is 1.74. The number of hydrogen-bond acceptors (Lipinski definition) is 6. The lowest BCUT2D eigenvalue weighted by Gasteiger charge is -2.24. The van der Waals surface area contributed by atoms with E-state index in [2.05, 4.69) is 38.0 Å². The van der Waals surface area contributed by atoms with Gasteiger partial charge in [-0.25, -0.2) is 4.79 Å². The summed E-state index contributed by atoms with van der Waals surface area (Å²) in [6.07, 6.45) is 4.21. The molecular formula is C21H41IN6O3. The summed E-state index contributed by atoms with van der Waals surface area (Å²) in [6, 6.07) is 0.0632. The number of amides is 1. The van der Waals surface area contributed by atoms with Gasteiger partial charge < -0.3 is 25.2 Å². The van der Waals surface area contributed by atoms with Gasteiger partial charge in [0.25, 0.3) is 0 Å². The fourth-order valence-corrected chi connectivity index (χ4v) is 2.63. The van der Waals surface area contributed by atoms with Gasteiger partial charge in [0, 0.05) is 38.5 Å². The average molecular weight is 553 g/mol. The predicted molar refractivity (Wildman–Crippen MR) is 134 cm³/mol. The Kier molecular flexibility index (Phi) is 14.5. The molecule has 0 aliphatic carbocycles. The van der Waals surface area contributed by atoms with Crippen molar-refractivity contribution in [3.8, 4) is 0 Å². The molecule has 180 valence electrons. The van der Waals surface area contributed by atoms with Gasteiger partial charge in [0.1, 0.15) is 5.60 Å². The molecule has 1 rings (SSSR count). The maximum absolute atomic E-state index is 12.0. The lowest BCUT2D eigenvalue weighted by molar-refractivity contribution is 0.0522. The van der Waals surface area contributed by atoms with Crippen molar-refractivity contribution in [1.29, 1.82) is 0 Å². The van der Waals surface area contributed by atoms with Crippen molar-refractivity contribution in [1.82, 2.24) is 26.1 Å². The summed E-state index contributed by atoms with van der Waals surface area (Å²) in [6.45, 7) is 13.0. The van der Waals surface area contributed by atoms with E-state index in [4.69, 9.17) is 9.26 Å². The van der Waals surface area contributed by atoms with Crippen LogP contribution in [0.25, 0.3) is 0 Å². The molecule has 0 radical (unpaired) electrons. The van der Waals surface area contributed by atoms with Crippen molar-refractivity contribution in [2.45, 2.75) is 91.2 Å². The number of carbonyl (C=O) groups is 1. The highest BCUT2D eigenvalue weighted by Gasteiger charge is 2.18. The molecule has 0 saturated heterocycles. The molecule has 3 N–H and O–H groups in total. The second-order valence-electron chi connectivity index (χ2n) is 8.67. The molecule has 1 atom stereocenters. The summed E-state index contributed by atoms with van der Waals surface area (Å²) in [5.74, 6) is 2.37. The zero-order valence-electron chi connectivity index (χ0n) is 20.1. The van der Waals surface area contributed by atoms with Crippen molar-refractivity contribution in [2.24, 2.45) is 4.99 Å². The van der Waals surface area contributed by atoms with Gasteiger partial charge in [-0.1, -0.05) is 38.8 Å². The number of aliphatic imine (C=N–C) groups is 1. The number of unbranched alkanes of at least 4 members (excludes halogenated alkanes) is 1. The van der Waals surface area contributed by atoms with Gasteiger partial charge in [-0.15, -0.1) is 24.0 Å². The highest BCUT2D eigenvalue weighted by atomic mass is 127. The molecule has 0 aromatic carbocycles. The van der Waals surface area contributed by atoms with Crippen LogP contribution in [-0.4, -0.2) is 54.0 Å². The Hall–Kier alpha value is -1.59. The average Bonchev–Trinajstić information content (AvgIpc) is 3.13. The first kappa shape index (κ1) is 29.4. The zero-order chi connectivity index (χ0) is 22.6. The SMILES string of the molecule is CCCCC(CNC(=O)OC(C)(C)C)NC(=NC)NCCCc1nc(C(C)C)no1.I. The summed E-state index contributed by atoms with van der Waals surface area (Å²) in [4.78, 5) is 20.6. The quantitative estimate of drug-likeness (QED) is 0.165. The van der Waals surface area contributed by atoms with Crippen LogP contribution < -0.4 is 16.0 Å². The zero-order valence-corrected chi connectivity index (χ0v) is 22.4. The molecule has 0 saturated carbocycles. The maximum atomic E-state index is 12.0. The van der Waals surface area contributed by atoms with E-state index in [1.54, 1.807) is 7.05 Å². The first-order chi connectivity index (χ1) is 14.1. The molecule has 0 bridgehead atoms. The smallest absolute Gasteiger partial charge is 0.407 e. The molecule has 1 heterocycles. The standard InChI is InChI=1S/C21H40N6O3.HI/c1-8-9-11-16(14-24-20(28)29-21(4,5)6)25-19(22-7)23-13-10-12-17-26-18(15(2)3)27-30-17;/h15-16H,8-14H2,1-7H3,(H,24,28)(H2,22,23,25);1H. The normalized spacial score (nSPS) is 12.8. The van der Waals surface area contributed by atoms with Crippen LogP contribution in [0.1, 0.15) is 84.9 Å². The van der Waals surface area contributed by atoms with Crippen molar-refractivity contribution in [3.63, 3.8) is 0 Å². The number of aromatic nitrogens is 2. The number of alkyl carbamates (subject to hydrolysis) is 1. The maximum Gasteiger partial charge on any atom is 0.407 e. The van der Waals surface area contributed by atoms with Gasteiger partial charge >= 0.3 is 6.09 Å². The highest BCUT2D eigenvalue weighted by Crippen LogP contribution is 2.10. The van der Waals surface area contributed by atoms with E-state index < -0.39 is 11.7 Å². The fraction of sp³-hybridized carbons (Fsp3) is 0.810. The number of ether oxygens (including phenoxy) is 1. The Balaban J connectivity index is 0.00000900. The Morgan fingerprint density at radius 3 is 2.48 bits per heavy atom. The van der Waals surface area contributed by atoms with Crippen LogP contribution in [0.15, 0.2) is 9.52 Å². The van der Waals surface area contributed by atoms with Crippen LogP contribution in [0.3, 0.4) is 0 Å². The molecule has 0 fully saturated rings. The van der Waals surface area contributed by atoms with E-state index in [9.17, 15) is 4.79 Å². The van der Waals surface area contributed by atoms with Gasteiger partial charge in [-0.2, -0.15) is 4.98 Å². The molecular weight excluding hydrogens is 511 g/mol. The van der Waals surface area contributed by atoms with E-state index in [-0.39, 0.29) is 35.9 Å². The number of hydrogen-bond donors (Lipinski definition) is 3. The van der Waals surface area contributed by atoms with Crippen LogP contribution in [0.2, 0.25) is 0 Å². The number of halogens is 1. The molecule has 1 amide bonds. The van der Waals surface area contributed by atoms with Gasteiger partial charge in [0.05, 0.1) is 0 Å². The van der Waals surface area contributed by atoms with E-state index in [1.807, 2.05) is 34.6 Å². The third-order valence-electron chi connectivity index (χ3n) is 4.22. The molecule has 1 unspecified atom stereocenters. The van der Waals surface area contributed by atoms with Crippen LogP contribution in [-0.2, 0) is 11.2 Å². The number of carbonyl (C=O) groups excluding carboxylic acids is 1. The van der Waals surface area contributed by atoms with Gasteiger partial charge in [-0.3, -0.25) is 4.99 Å². The highest BCUT2D eigenvalue weighted by molar-refractivity contribution is 14.0. The number of nitrogens with zero attached hydrogens (tertiary/aromatic N) is 3. The molecule has 1 aromatic heterocycles.